The highest BCUT2D eigenvalue weighted by molar-refractivity contribution is 5.95. The van der Waals surface area contributed by atoms with Crippen LogP contribution in [0.3, 0.4) is 0 Å². The van der Waals surface area contributed by atoms with E-state index in [-0.39, 0.29) is 11.7 Å². The second-order valence-electron chi connectivity index (χ2n) is 6.91. The Morgan fingerprint density at radius 1 is 0.824 bits per heavy atom. The molecule has 0 radical (unpaired) electrons. The third-order valence-electron chi connectivity index (χ3n) is 4.60. The fraction of sp³-hybridized carbons (Fsp3) is 0.192. The molecule has 0 atom stereocenters. The average Bonchev–Trinajstić information content (AvgIpc) is 2.86. The molecule has 1 N–H and O–H groups in total. The van der Waals surface area contributed by atoms with E-state index >= 15 is 0 Å². The fourth-order valence-electron chi connectivity index (χ4n) is 2.96. The Morgan fingerprint density at radius 3 is 1.97 bits per heavy atom. The van der Waals surface area contributed by atoms with Crippen molar-refractivity contribution in [3.8, 4) is 23.0 Å². The minimum atomic E-state index is -0.523. The van der Waals surface area contributed by atoms with Gasteiger partial charge in [-0.05, 0) is 86.1 Å². The van der Waals surface area contributed by atoms with Crippen LogP contribution in [-0.4, -0.2) is 38.4 Å². The van der Waals surface area contributed by atoms with Gasteiger partial charge < -0.3 is 18.9 Å². The molecule has 0 saturated heterocycles. The van der Waals surface area contributed by atoms with Gasteiger partial charge in [-0.2, -0.15) is 5.10 Å². The predicted molar refractivity (Wildman–Crippen MR) is 128 cm³/mol. The van der Waals surface area contributed by atoms with Crippen molar-refractivity contribution in [3.05, 3.63) is 83.4 Å². The number of hydrazone groups is 1. The zero-order valence-electron chi connectivity index (χ0n) is 19.2. The first-order valence-electron chi connectivity index (χ1n) is 10.7. The Balaban J connectivity index is 1.62. The molecule has 3 aromatic carbocycles. The second kappa shape index (κ2) is 12.1. The minimum absolute atomic E-state index is 0.261. The maximum absolute atomic E-state index is 12.5. The smallest absolute Gasteiger partial charge is 0.343 e. The van der Waals surface area contributed by atoms with Crippen LogP contribution in [0.1, 0.15) is 40.1 Å². The van der Waals surface area contributed by atoms with Gasteiger partial charge in [0.25, 0.3) is 5.91 Å². The van der Waals surface area contributed by atoms with Gasteiger partial charge >= 0.3 is 5.97 Å². The number of amides is 1. The molecule has 0 aliphatic rings. The number of carbonyl (C=O) groups is 2. The van der Waals surface area contributed by atoms with Crippen molar-refractivity contribution in [1.82, 2.24) is 5.43 Å². The summed E-state index contributed by atoms with van der Waals surface area (Å²) in [6, 6.07) is 18.4. The second-order valence-corrected chi connectivity index (χ2v) is 6.91. The zero-order chi connectivity index (χ0) is 24.3. The van der Waals surface area contributed by atoms with E-state index in [2.05, 4.69) is 10.5 Å². The van der Waals surface area contributed by atoms with Crippen LogP contribution in [0.4, 0.5) is 0 Å². The van der Waals surface area contributed by atoms with E-state index < -0.39 is 5.97 Å². The Labute approximate surface area is 198 Å². The number of rotatable bonds is 10. The molecule has 176 valence electrons. The van der Waals surface area contributed by atoms with Crippen molar-refractivity contribution in [2.45, 2.75) is 13.8 Å². The lowest BCUT2D eigenvalue weighted by Gasteiger charge is -2.10. The normalized spacial score (nSPS) is 10.6. The SMILES string of the molecule is CCOc1ccc(C(=O)N/N=C\c2ccc(OC(=O)c3ccc(OCC)cc3)c(OC)c2)cc1. The Hall–Kier alpha value is -4.33. The van der Waals surface area contributed by atoms with Crippen LogP contribution in [0.25, 0.3) is 0 Å². The van der Waals surface area contributed by atoms with Crippen LogP contribution in [0, 0.1) is 0 Å². The summed E-state index contributed by atoms with van der Waals surface area (Å²) in [5.41, 5.74) is 3.95. The maximum Gasteiger partial charge on any atom is 0.343 e. The molecule has 8 heteroatoms. The van der Waals surface area contributed by atoms with Gasteiger partial charge in [-0.15, -0.1) is 0 Å². The molecule has 0 spiro atoms. The van der Waals surface area contributed by atoms with E-state index in [0.717, 1.165) is 0 Å². The number of carbonyl (C=O) groups excluding carboxylic acids is 2. The fourth-order valence-corrected chi connectivity index (χ4v) is 2.96. The molecule has 0 aliphatic heterocycles. The minimum Gasteiger partial charge on any atom is -0.494 e. The molecule has 0 aliphatic carbocycles. The van der Waals surface area contributed by atoms with Gasteiger partial charge in [-0.25, -0.2) is 10.2 Å². The molecule has 1 amide bonds. The number of hydrogen-bond acceptors (Lipinski definition) is 7. The summed E-state index contributed by atoms with van der Waals surface area (Å²) in [6.07, 6.45) is 1.47. The summed E-state index contributed by atoms with van der Waals surface area (Å²) >= 11 is 0. The quantitative estimate of drug-likeness (QED) is 0.207. The predicted octanol–water partition coefficient (Wildman–Crippen LogP) is 4.48. The Bertz CT molecular complexity index is 1140. The van der Waals surface area contributed by atoms with Crippen LogP contribution < -0.4 is 24.4 Å². The first-order valence-corrected chi connectivity index (χ1v) is 10.7. The van der Waals surface area contributed by atoms with E-state index in [1.54, 1.807) is 66.7 Å². The van der Waals surface area contributed by atoms with E-state index in [0.29, 0.717) is 47.2 Å². The van der Waals surface area contributed by atoms with Gasteiger partial charge in [0.05, 0.1) is 32.1 Å². The van der Waals surface area contributed by atoms with E-state index in [9.17, 15) is 9.59 Å². The molecule has 8 nitrogen and oxygen atoms in total. The first-order chi connectivity index (χ1) is 16.5. The summed E-state index contributed by atoms with van der Waals surface area (Å²) in [4.78, 5) is 24.7. The summed E-state index contributed by atoms with van der Waals surface area (Å²) < 4.78 is 21.6. The Kier molecular flexibility index (Phi) is 8.62. The first kappa shape index (κ1) is 24.3. The maximum atomic E-state index is 12.5. The van der Waals surface area contributed by atoms with Gasteiger partial charge in [0.15, 0.2) is 11.5 Å². The molecule has 0 heterocycles. The summed E-state index contributed by atoms with van der Waals surface area (Å²) in [5.74, 6) is 1.10. The van der Waals surface area contributed by atoms with Crippen molar-refractivity contribution in [1.29, 1.82) is 0 Å². The van der Waals surface area contributed by atoms with Gasteiger partial charge in [-0.1, -0.05) is 0 Å². The number of nitrogens with zero attached hydrogens (tertiary/aromatic N) is 1. The third-order valence-corrected chi connectivity index (χ3v) is 4.60. The van der Waals surface area contributed by atoms with Crippen LogP contribution in [0.2, 0.25) is 0 Å². The van der Waals surface area contributed by atoms with E-state index in [1.807, 2.05) is 13.8 Å². The number of hydrogen-bond donors (Lipinski definition) is 1. The van der Waals surface area contributed by atoms with Crippen molar-refractivity contribution < 1.29 is 28.5 Å². The number of methoxy groups -OCH3 is 1. The number of nitrogens with one attached hydrogen (secondary N) is 1. The molecule has 0 unspecified atom stereocenters. The monoisotopic (exact) mass is 462 g/mol. The zero-order valence-corrected chi connectivity index (χ0v) is 19.2. The Morgan fingerprint density at radius 2 is 1.41 bits per heavy atom. The largest absolute Gasteiger partial charge is 0.494 e. The van der Waals surface area contributed by atoms with Crippen molar-refractivity contribution in [2.24, 2.45) is 5.10 Å². The molecular formula is C26H26N2O6. The van der Waals surface area contributed by atoms with Crippen LogP contribution in [0.15, 0.2) is 71.8 Å². The van der Waals surface area contributed by atoms with E-state index in [4.69, 9.17) is 18.9 Å². The molecule has 0 fully saturated rings. The van der Waals surface area contributed by atoms with Gasteiger partial charge in [-0.3, -0.25) is 4.79 Å². The molecular weight excluding hydrogens is 436 g/mol. The third kappa shape index (κ3) is 6.59. The van der Waals surface area contributed by atoms with Gasteiger partial charge in [0.2, 0.25) is 0 Å². The summed E-state index contributed by atoms with van der Waals surface area (Å²) in [6.45, 7) is 4.88. The van der Waals surface area contributed by atoms with Crippen LogP contribution >= 0.6 is 0 Å². The van der Waals surface area contributed by atoms with Crippen LogP contribution in [0.5, 0.6) is 23.0 Å². The highest BCUT2D eigenvalue weighted by Gasteiger charge is 2.13. The molecule has 3 rings (SSSR count). The lowest BCUT2D eigenvalue weighted by Crippen LogP contribution is -2.17. The van der Waals surface area contributed by atoms with Crippen molar-refractivity contribution in [2.75, 3.05) is 20.3 Å². The molecule has 3 aromatic rings. The topological polar surface area (TPSA) is 95.5 Å². The van der Waals surface area contributed by atoms with Crippen LogP contribution in [-0.2, 0) is 0 Å². The summed E-state index contributed by atoms with van der Waals surface area (Å²) in [5, 5.41) is 3.98. The number of ether oxygens (including phenoxy) is 4. The molecule has 34 heavy (non-hydrogen) atoms. The molecule has 0 saturated carbocycles. The summed E-state index contributed by atoms with van der Waals surface area (Å²) in [7, 11) is 1.47. The average molecular weight is 463 g/mol. The van der Waals surface area contributed by atoms with Crippen molar-refractivity contribution in [3.63, 3.8) is 0 Å². The molecule has 0 aromatic heterocycles. The van der Waals surface area contributed by atoms with Crippen molar-refractivity contribution >= 4 is 18.1 Å². The van der Waals surface area contributed by atoms with E-state index in [1.165, 1.54) is 13.3 Å². The van der Waals surface area contributed by atoms with Gasteiger partial charge in [0, 0.05) is 5.56 Å². The highest BCUT2D eigenvalue weighted by atomic mass is 16.6. The molecule has 0 bridgehead atoms. The lowest BCUT2D eigenvalue weighted by molar-refractivity contribution is 0.0729. The number of esters is 1. The number of benzene rings is 3. The van der Waals surface area contributed by atoms with Gasteiger partial charge in [0.1, 0.15) is 11.5 Å². The highest BCUT2D eigenvalue weighted by Crippen LogP contribution is 2.28. The lowest BCUT2D eigenvalue weighted by atomic mass is 10.2. The standard InChI is InChI=1S/C26H26N2O6/c1-4-32-21-11-7-19(8-12-21)25(29)28-27-17-18-6-15-23(24(16-18)31-3)34-26(30)20-9-13-22(14-10-20)33-5-2/h6-17H,4-5H2,1-3H3,(H,28,29)/b27-17-.